The summed E-state index contributed by atoms with van der Waals surface area (Å²) in [6, 6.07) is 11.9. The predicted octanol–water partition coefficient (Wildman–Crippen LogP) is 2.61. The maximum Gasteiger partial charge on any atom is 0.218 e. The molecule has 0 aliphatic heterocycles. The van der Waals surface area contributed by atoms with Crippen LogP contribution in [0.3, 0.4) is 0 Å². The van der Waals surface area contributed by atoms with Crippen LogP contribution < -0.4 is 5.73 Å². The summed E-state index contributed by atoms with van der Waals surface area (Å²) in [7, 11) is 0. The number of nitrogens with zero attached hydrogens (tertiary/aromatic N) is 4. The Bertz CT molecular complexity index is 830. The van der Waals surface area contributed by atoms with Gasteiger partial charge in [-0.05, 0) is 31.2 Å². The van der Waals surface area contributed by atoms with Crippen LogP contribution in [0.5, 0.6) is 0 Å². The Labute approximate surface area is 144 Å². The van der Waals surface area contributed by atoms with E-state index in [1.165, 1.54) is 17.3 Å². The molecule has 0 radical (unpaired) electrons. The lowest BCUT2D eigenvalue weighted by Gasteiger charge is -2.10. The first-order valence-corrected chi connectivity index (χ1v) is 8.47. The van der Waals surface area contributed by atoms with Gasteiger partial charge in [0.2, 0.25) is 5.91 Å². The van der Waals surface area contributed by atoms with Crippen molar-refractivity contribution in [2.45, 2.75) is 18.5 Å². The maximum absolute atomic E-state index is 11.0. The molecular weight excluding hydrogens is 322 g/mol. The summed E-state index contributed by atoms with van der Waals surface area (Å²) in [5.41, 5.74) is 8.30. The second-order valence-corrected chi connectivity index (χ2v) is 6.34. The zero-order chi connectivity index (χ0) is 16.9. The van der Waals surface area contributed by atoms with E-state index in [1.54, 1.807) is 12.4 Å². The Morgan fingerprint density at radius 2 is 1.83 bits per heavy atom. The van der Waals surface area contributed by atoms with Gasteiger partial charge in [-0.15, -0.1) is 10.2 Å². The molecule has 6 nitrogen and oxygen atoms in total. The van der Waals surface area contributed by atoms with Gasteiger partial charge >= 0.3 is 0 Å². The van der Waals surface area contributed by atoms with Crippen molar-refractivity contribution < 1.29 is 4.79 Å². The Hall–Kier alpha value is -2.67. The zero-order valence-corrected chi connectivity index (χ0v) is 14.0. The highest BCUT2D eigenvalue weighted by Crippen LogP contribution is 2.28. The Morgan fingerprint density at radius 3 is 2.50 bits per heavy atom. The average molecular weight is 339 g/mol. The minimum atomic E-state index is -0.321. The third-order valence-electron chi connectivity index (χ3n) is 3.44. The number of nitrogens with two attached hydrogens (primary N) is 1. The van der Waals surface area contributed by atoms with Gasteiger partial charge < -0.3 is 5.73 Å². The van der Waals surface area contributed by atoms with Crippen LogP contribution in [0.4, 0.5) is 0 Å². The van der Waals surface area contributed by atoms with Crippen LogP contribution in [0.2, 0.25) is 0 Å². The number of aryl methyl sites for hydroxylation is 1. The largest absolute Gasteiger partial charge is 0.370 e. The first kappa shape index (κ1) is 16.2. The quantitative estimate of drug-likeness (QED) is 0.698. The van der Waals surface area contributed by atoms with Gasteiger partial charge in [-0.2, -0.15) is 0 Å². The summed E-state index contributed by atoms with van der Waals surface area (Å²) in [5, 5.41) is 9.35. The lowest BCUT2D eigenvalue weighted by molar-refractivity contribution is -0.117. The summed E-state index contributed by atoms with van der Waals surface area (Å²) in [5.74, 6) is 0.983. The van der Waals surface area contributed by atoms with Gasteiger partial charge in [0, 0.05) is 35.8 Å². The molecule has 0 spiro atoms. The van der Waals surface area contributed by atoms with Crippen LogP contribution in [0.1, 0.15) is 12.0 Å². The number of primary amides is 1. The van der Waals surface area contributed by atoms with Crippen molar-refractivity contribution in [3.63, 3.8) is 0 Å². The second-order valence-electron chi connectivity index (χ2n) is 5.28. The van der Waals surface area contributed by atoms with E-state index >= 15 is 0 Å². The third kappa shape index (κ3) is 3.62. The molecule has 0 aliphatic rings. The Balaban J connectivity index is 2.02. The van der Waals surface area contributed by atoms with Gasteiger partial charge in [-0.3, -0.25) is 14.3 Å². The molecule has 1 aromatic carbocycles. The number of carbonyl (C=O) groups excluding carboxylic acids is 1. The van der Waals surface area contributed by atoms with Crippen LogP contribution in [0.25, 0.3) is 17.1 Å². The summed E-state index contributed by atoms with van der Waals surface area (Å²) < 4.78 is 1.99. The van der Waals surface area contributed by atoms with E-state index in [9.17, 15) is 4.79 Å². The highest BCUT2D eigenvalue weighted by molar-refractivity contribution is 7.99. The van der Waals surface area contributed by atoms with Crippen molar-refractivity contribution in [1.29, 1.82) is 0 Å². The molecule has 7 heteroatoms. The van der Waals surface area contributed by atoms with Crippen molar-refractivity contribution >= 4 is 17.7 Å². The number of hydrogen-bond donors (Lipinski definition) is 1. The second kappa shape index (κ2) is 7.27. The fourth-order valence-electron chi connectivity index (χ4n) is 2.22. The van der Waals surface area contributed by atoms with Gasteiger partial charge in [0.15, 0.2) is 11.0 Å². The maximum atomic E-state index is 11.0. The number of carbonyl (C=O) groups is 1. The molecule has 1 amide bonds. The third-order valence-corrected chi connectivity index (χ3v) is 4.37. The fraction of sp³-hybridized carbons (Fsp3) is 0.176. The number of benzene rings is 1. The van der Waals surface area contributed by atoms with Crippen molar-refractivity contribution in [3.05, 3.63) is 54.4 Å². The van der Waals surface area contributed by atoms with Crippen molar-refractivity contribution in [2.24, 2.45) is 5.73 Å². The highest BCUT2D eigenvalue weighted by Gasteiger charge is 2.16. The molecule has 0 atom stereocenters. The molecule has 3 rings (SSSR count). The van der Waals surface area contributed by atoms with Gasteiger partial charge in [0.25, 0.3) is 0 Å². The van der Waals surface area contributed by atoms with Crippen molar-refractivity contribution in [3.8, 4) is 17.1 Å². The van der Waals surface area contributed by atoms with Crippen molar-refractivity contribution in [2.75, 3.05) is 5.75 Å². The minimum absolute atomic E-state index is 0.302. The summed E-state index contributed by atoms with van der Waals surface area (Å²) in [4.78, 5) is 15.0. The summed E-state index contributed by atoms with van der Waals surface area (Å²) >= 11 is 1.46. The SMILES string of the molecule is Cc1ccc(-n2c(SCCC(N)=O)nnc2-c2ccncc2)cc1. The van der Waals surface area contributed by atoms with E-state index in [0.717, 1.165) is 22.2 Å². The first-order valence-electron chi connectivity index (χ1n) is 7.49. The Morgan fingerprint density at radius 1 is 1.12 bits per heavy atom. The van der Waals surface area contributed by atoms with E-state index in [4.69, 9.17) is 5.73 Å². The van der Waals surface area contributed by atoms with Crippen LogP contribution in [0, 0.1) is 6.92 Å². The number of aromatic nitrogens is 4. The average Bonchev–Trinajstić information content (AvgIpc) is 3.00. The topological polar surface area (TPSA) is 86.7 Å². The fourth-order valence-corrected chi connectivity index (χ4v) is 3.13. The van der Waals surface area contributed by atoms with Crippen LogP contribution in [-0.4, -0.2) is 31.4 Å². The van der Waals surface area contributed by atoms with Crippen LogP contribution in [-0.2, 0) is 4.79 Å². The van der Waals surface area contributed by atoms with Crippen LogP contribution >= 0.6 is 11.8 Å². The summed E-state index contributed by atoms with van der Waals surface area (Å²) in [6.45, 7) is 2.04. The molecule has 0 fully saturated rings. The molecule has 2 aromatic heterocycles. The monoisotopic (exact) mass is 339 g/mol. The molecule has 0 bridgehead atoms. The molecule has 3 aromatic rings. The zero-order valence-electron chi connectivity index (χ0n) is 13.2. The summed E-state index contributed by atoms with van der Waals surface area (Å²) in [6.07, 6.45) is 3.75. The highest BCUT2D eigenvalue weighted by atomic mass is 32.2. The predicted molar refractivity (Wildman–Crippen MR) is 93.9 cm³/mol. The van der Waals surface area contributed by atoms with Crippen LogP contribution in [0.15, 0.2) is 53.9 Å². The van der Waals surface area contributed by atoms with E-state index in [0.29, 0.717) is 12.2 Å². The molecule has 0 saturated carbocycles. The molecule has 2 N–H and O–H groups in total. The van der Waals surface area contributed by atoms with E-state index in [1.807, 2.05) is 47.9 Å². The number of pyridine rings is 1. The Kier molecular flexibility index (Phi) is 4.90. The normalized spacial score (nSPS) is 10.7. The molecular formula is C17H17N5OS. The van der Waals surface area contributed by atoms with Gasteiger partial charge in [-0.25, -0.2) is 0 Å². The lowest BCUT2D eigenvalue weighted by Crippen LogP contribution is -2.11. The first-order chi connectivity index (χ1) is 11.6. The lowest BCUT2D eigenvalue weighted by atomic mass is 10.2. The van der Waals surface area contributed by atoms with Crippen molar-refractivity contribution in [1.82, 2.24) is 19.7 Å². The van der Waals surface area contributed by atoms with Gasteiger partial charge in [-0.1, -0.05) is 29.5 Å². The number of rotatable bonds is 6. The standard InChI is InChI=1S/C17H17N5OS/c1-12-2-4-14(5-3-12)22-16(13-6-9-19-10-7-13)20-21-17(22)24-11-8-15(18)23/h2-7,9-10H,8,11H2,1H3,(H2,18,23). The molecule has 0 saturated heterocycles. The van der Waals surface area contributed by atoms with E-state index in [-0.39, 0.29) is 5.91 Å². The van der Waals surface area contributed by atoms with E-state index < -0.39 is 0 Å². The number of hydrogen-bond acceptors (Lipinski definition) is 5. The molecule has 0 aliphatic carbocycles. The molecule has 24 heavy (non-hydrogen) atoms. The van der Waals surface area contributed by atoms with E-state index in [2.05, 4.69) is 15.2 Å². The number of amides is 1. The number of thioether (sulfide) groups is 1. The molecule has 2 heterocycles. The van der Waals surface area contributed by atoms with Gasteiger partial charge in [0.05, 0.1) is 0 Å². The smallest absolute Gasteiger partial charge is 0.218 e. The van der Waals surface area contributed by atoms with Gasteiger partial charge in [0.1, 0.15) is 0 Å². The minimum Gasteiger partial charge on any atom is -0.370 e. The molecule has 0 unspecified atom stereocenters. The molecule has 122 valence electrons.